The molecule has 7 heteroatoms. The first-order valence-electron chi connectivity index (χ1n) is 12.0. The second kappa shape index (κ2) is 15.1. The summed E-state index contributed by atoms with van der Waals surface area (Å²) in [6, 6.07) is 2.82. The minimum absolute atomic E-state index is 0.0504. The first kappa shape index (κ1) is 30.1. The van der Waals surface area contributed by atoms with Crippen molar-refractivity contribution < 1.29 is 17.9 Å². The number of pyridine rings is 1. The summed E-state index contributed by atoms with van der Waals surface area (Å²) in [6.45, 7) is 8.60. The van der Waals surface area contributed by atoms with Crippen LogP contribution in [0.1, 0.15) is 59.8 Å². The van der Waals surface area contributed by atoms with Gasteiger partial charge < -0.3 is 14.6 Å². The van der Waals surface area contributed by atoms with Crippen LogP contribution in [0.15, 0.2) is 81.5 Å². The van der Waals surface area contributed by atoms with Gasteiger partial charge in [-0.3, -0.25) is 4.79 Å². The molecule has 1 aromatic heterocycles. The number of likely N-dealkylation sites (tertiary alicyclic amines) is 1. The van der Waals surface area contributed by atoms with Crippen LogP contribution in [-0.4, -0.2) is 36.8 Å². The Morgan fingerprint density at radius 1 is 1.26 bits per heavy atom. The molecule has 4 nitrogen and oxygen atoms in total. The Balaban J connectivity index is 0.000000566. The number of H-pyrrole nitrogens is 1. The monoisotopic (exact) mass is 492 g/mol. The van der Waals surface area contributed by atoms with E-state index in [9.17, 15) is 18.0 Å². The number of aromatic amines is 1. The van der Waals surface area contributed by atoms with Crippen molar-refractivity contribution in [1.29, 1.82) is 0 Å². The number of alkyl halides is 3. The Hall–Kier alpha value is -2.96. The Kier molecular flexibility index (Phi) is 13.0. The number of rotatable bonds is 7. The summed E-state index contributed by atoms with van der Waals surface area (Å²) in [6.07, 6.45) is 9.82. The number of nitrogens with one attached hydrogen (secondary N) is 1. The molecule has 0 unspecified atom stereocenters. The van der Waals surface area contributed by atoms with Crippen LogP contribution >= 0.6 is 0 Å². The van der Waals surface area contributed by atoms with E-state index in [0.29, 0.717) is 17.9 Å². The number of aromatic nitrogens is 1. The van der Waals surface area contributed by atoms with E-state index in [2.05, 4.69) is 23.0 Å². The van der Waals surface area contributed by atoms with Crippen molar-refractivity contribution in [1.82, 2.24) is 9.88 Å². The van der Waals surface area contributed by atoms with Gasteiger partial charge in [0.05, 0.1) is 12.7 Å². The van der Waals surface area contributed by atoms with Crippen LogP contribution in [0.3, 0.4) is 0 Å². The van der Waals surface area contributed by atoms with Gasteiger partial charge in [-0.15, -0.1) is 0 Å². The molecule has 1 fully saturated rings. The van der Waals surface area contributed by atoms with Crippen LogP contribution in [0.25, 0.3) is 0 Å². The molecule has 0 bridgehead atoms. The van der Waals surface area contributed by atoms with Crippen LogP contribution in [0.5, 0.6) is 5.88 Å². The van der Waals surface area contributed by atoms with Crippen LogP contribution in [0.2, 0.25) is 0 Å². The maximum atomic E-state index is 13.4. The molecule has 1 aliphatic rings. The lowest BCUT2D eigenvalue weighted by Crippen LogP contribution is -2.23. The zero-order chi connectivity index (χ0) is 26.4. The molecule has 1 saturated heterocycles. The minimum atomic E-state index is -4.34. The molecule has 0 atom stereocenters. The lowest BCUT2D eigenvalue weighted by Gasteiger charge is -2.28. The molecular formula is C28H39F3N2O2. The standard InChI is InChI=1S/C22H32F3N.C6H7NO2/c1-6-11-18(15-19(12-7-2)22(23,24)25)21(17(4)8-3)16-20-13-9-10-14-26(20)5;1-9-6-4-5(8)2-3-7-6/h6,11-12,15-16H,7-10,13-14H2,1-5H3;2-4H,1H3,(H,7,8)/b11-6-,18-15+,19-12-,20-16-,21-17?;. The van der Waals surface area contributed by atoms with Gasteiger partial charge in [0, 0.05) is 37.6 Å². The number of nitrogens with zero attached hydrogens (tertiary/aromatic N) is 1. The van der Waals surface area contributed by atoms with Gasteiger partial charge in [0.1, 0.15) is 0 Å². The molecule has 0 radical (unpaired) electrons. The Morgan fingerprint density at radius 2 is 1.97 bits per heavy atom. The SMILES string of the molecule is COc1cc(=O)cc[nH]1.C\C=C/C(=C\C(=C\CC)C(F)(F)F)C(/C=C1/CCCCN1C)=C(C)CC. The molecule has 2 heterocycles. The van der Waals surface area contributed by atoms with Crippen molar-refractivity contribution in [2.24, 2.45) is 0 Å². The highest BCUT2D eigenvalue weighted by atomic mass is 19.4. The highest BCUT2D eigenvalue weighted by Crippen LogP contribution is 2.32. The average Bonchev–Trinajstić information content (AvgIpc) is 2.82. The van der Waals surface area contributed by atoms with Crippen LogP contribution in [-0.2, 0) is 0 Å². The van der Waals surface area contributed by atoms with Crippen LogP contribution in [0.4, 0.5) is 13.2 Å². The maximum absolute atomic E-state index is 13.4. The van der Waals surface area contributed by atoms with Gasteiger partial charge in [0.2, 0.25) is 0 Å². The highest BCUT2D eigenvalue weighted by molar-refractivity contribution is 5.53. The normalized spacial score (nSPS) is 17.3. The molecule has 0 saturated carbocycles. The Labute approximate surface area is 207 Å². The number of methoxy groups -OCH3 is 1. The third kappa shape index (κ3) is 10.5. The summed E-state index contributed by atoms with van der Waals surface area (Å²) in [5, 5.41) is 0. The van der Waals surface area contributed by atoms with E-state index < -0.39 is 11.7 Å². The lowest BCUT2D eigenvalue weighted by molar-refractivity contribution is -0.0884. The smallest absolute Gasteiger partial charge is 0.416 e. The fourth-order valence-electron chi connectivity index (χ4n) is 3.56. The third-order valence-electron chi connectivity index (χ3n) is 5.65. The van der Waals surface area contributed by atoms with Gasteiger partial charge in [0.15, 0.2) is 11.3 Å². The molecular weight excluding hydrogens is 453 g/mol. The van der Waals surface area contributed by atoms with Crippen LogP contribution < -0.4 is 10.2 Å². The summed E-state index contributed by atoms with van der Waals surface area (Å²) in [5.41, 5.74) is 3.19. The number of allylic oxidation sites excluding steroid dienone is 10. The number of hydrogen-bond acceptors (Lipinski definition) is 3. The molecule has 0 aromatic carbocycles. The third-order valence-corrected chi connectivity index (χ3v) is 5.65. The highest BCUT2D eigenvalue weighted by Gasteiger charge is 2.32. The van der Waals surface area contributed by atoms with Gasteiger partial charge in [-0.1, -0.05) is 37.6 Å². The summed E-state index contributed by atoms with van der Waals surface area (Å²) in [7, 11) is 3.56. The number of halogens is 3. The lowest BCUT2D eigenvalue weighted by atomic mass is 9.93. The van der Waals surface area contributed by atoms with Crippen molar-refractivity contribution in [3.05, 3.63) is 86.9 Å². The van der Waals surface area contributed by atoms with E-state index in [0.717, 1.165) is 43.4 Å². The largest absolute Gasteiger partial charge is 0.482 e. The molecule has 1 aromatic rings. The zero-order valence-electron chi connectivity index (χ0n) is 21.8. The van der Waals surface area contributed by atoms with E-state index in [-0.39, 0.29) is 5.43 Å². The van der Waals surface area contributed by atoms with Crippen molar-refractivity contribution in [3.8, 4) is 5.88 Å². The van der Waals surface area contributed by atoms with Gasteiger partial charge >= 0.3 is 6.18 Å². The molecule has 35 heavy (non-hydrogen) atoms. The topological polar surface area (TPSA) is 45.3 Å². The van der Waals surface area contributed by atoms with Gasteiger partial charge in [-0.25, -0.2) is 0 Å². The molecule has 1 N–H and O–H groups in total. The molecule has 0 amide bonds. The van der Waals surface area contributed by atoms with E-state index >= 15 is 0 Å². The number of hydrogen-bond donors (Lipinski definition) is 1. The van der Waals surface area contributed by atoms with Crippen molar-refractivity contribution in [2.75, 3.05) is 20.7 Å². The fourth-order valence-corrected chi connectivity index (χ4v) is 3.56. The maximum Gasteiger partial charge on any atom is 0.416 e. The molecule has 2 rings (SSSR count). The number of ether oxygens (including phenoxy) is 1. The quantitative estimate of drug-likeness (QED) is 0.401. The first-order chi connectivity index (χ1) is 16.6. The average molecular weight is 493 g/mol. The van der Waals surface area contributed by atoms with Crippen molar-refractivity contribution in [3.63, 3.8) is 0 Å². The fraction of sp³-hybridized carbons (Fsp3) is 0.464. The summed E-state index contributed by atoms with van der Waals surface area (Å²) in [5.74, 6) is 0.488. The van der Waals surface area contributed by atoms with Gasteiger partial charge in [-0.05, 0) is 69.2 Å². The van der Waals surface area contributed by atoms with E-state index in [1.807, 2.05) is 20.8 Å². The second-order valence-electron chi connectivity index (χ2n) is 8.32. The number of piperidine rings is 1. The Morgan fingerprint density at radius 3 is 2.46 bits per heavy atom. The van der Waals surface area contributed by atoms with E-state index in [4.69, 9.17) is 4.74 Å². The zero-order valence-corrected chi connectivity index (χ0v) is 21.8. The van der Waals surface area contributed by atoms with Crippen molar-refractivity contribution >= 4 is 0 Å². The van der Waals surface area contributed by atoms with E-state index in [1.165, 1.54) is 37.1 Å². The summed E-state index contributed by atoms with van der Waals surface area (Å²) < 4.78 is 44.9. The van der Waals surface area contributed by atoms with E-state index in [1.54, 1.807) is 25.3 Å². The molecule has 194 valence electrons. The molecule has 1 aliphatic heterocycles. The van der Waals surface area contributed by atoms with Crippen molar-refractivity contribution in [2.45, 2.75) is 66.0 Å². The van der Waals surface area contributed by atoms with Crippen LogP contribution in [0, 0.1) is 0 Å². The predicted molar refractivity (Wildman–Crippen MR) is 138 cm³/mol. The van der Waals surface area contributed by atoms with Gasteiger partial charge in [-0.2, -0.15) is 13.2 Å². The summed E-state index contributed by atoms with van der Waals surface area (Å²) >= 11 is 0. The molecule has 0 aliphatic carbocycles. The summed E-state index contributed by atoms with van der Waals surface area (Å²) in [4.78, 5) is 15.5. The second-order valence-corrected chi connectivity index (χ2v) is 8.32. The van der Waals surface area contributed by atoms with Gasteiger partial charge in [0.25, 0.3) is 0 Å². The Bertz CT molecular complexity index is 1010. The molecule has 0 spiro atoms. The first-order valence-corrected chi connectivity index (χ1v) is 12.0. The predicted octanol–water partition coefficient (Wildman–Crippen LogP) is 7.50. The minimum Gasteiger partial charge on any atom is -0.482 e.